The van der Waals surface area contributed by atoms with Crippen LogP contribution < -0.4 is 0 Å². The number of hydrogen-bond acceptors (Lipinski definition) is 9. The fourth-order valence-electron chi connectivity index (χ4n) is 9.60. The van der Waals surface area contributed by atoms with E-state index in [1.165, 1.54) is 6.07 Å². The van der Waals surface area contributed by atoms with E-state index in [1.807, 2.05) is 22.6 Å². The number of carbonyl (C=O) groups excluding carboxylic acids is 2. The molecule has 3 N–H and O–H groups in total. The quantitative estimate of drug-likeness (QED) is 0.110. The maximum atomic E-state index is 13.2. The van der Waals surface area contributed by atoms with Crippen LogP contribution in [-0.4, -0.2) is 67.3 Å². The Morgan fingerprint density at radius 2 is 2.02 bits per heavy atom. The summed E-state index contributed by atoms with van der Waals surface area (Å²) in [5, 5.41) is 35.5. The van der Waals surface area contributed by atoms with Gasteiger partial charge >= 0.3 is 17.9 Å². The normalized spacial score (nSPS) is 39.3. The number of carboxylic acids is 1. The van der Waals surface area contributed by atoms with E-state index >= 15 is 0 Å². The molecule has 4 bridgehead atoms. The first kappa shape index (κ1) is 31.3. The second-order valence-corrected chi connectivity index (χ2v) is 16.7. The van der Waals surface area contributed by atoms with Crippen molar-refractivity contribution in [1.29, 1.82) is 0 Å². The van der Waals surface area contributed by atoms with Crippen LogP contribution in [0.5, 0.6) is 5.75 Å². The number of aliphatic hydroxyl groups excluding tert-OH is 1. The highest BCUT2D eigenvalue weighted by atomic mass is 125. The lowest BCUT2D eigenvalue weighted by Crippen LogP contribution is -2.53. The Labute approximate surface area is 277 Å². The summed E-state index contributed by atoms with van der Waals surface area (Å²) in [5.74, 6) is -3.44. The molecule has 15 heteroatoms. The summed E-state index contributed by atoms with van der Waals surface area (Å²) in [7, 11) is -1.35. The van der Waals surface area contributed by atoms with Gasteiger partial charge in [-0.1, -0.05) is 5.11 Å². The van der Waals surface area contributed by atoms with Crippen molar-refractivity contribution in [3.8, 4) is 5.75 Å². The molecule has 43 heavy (non-hydrogen) atoms. The van der Waals surface area contributed by atoms with Gasteiger partial charge in [-0.2, -0.15) is 0 Å². The van der Waals surface area contributed by atoms with Crippen molar-refractivity contribution in [2.45, 2.75) is 57.2 Å². The zero-order valence-electron chi connectivity index (χ0n) is 23.2. The average Bonchev–Trinajstić information content (AvgIpc) is 3.43. The van der Waals surface area contributed by atoms with Gasteiger partial charge in [0, 0.05) is 36.9 Å². The Hall–Kier alpha value is -1.69. The topological polar surface area (TPSA) is 196 Å². The predicted molar refractivity (Wildman–Crippen MR) is 169 cm³/mol. The Morgan fingerprint density at radius 3 is 2.72 bits per heavy atom. The van der Waals surface area contributed by atoms with E-state index in [2.05, 4.69) is 10.0 Å². The SMILES string of the molecule is C[C@@]12C(=O)O[C@]3(CC[C@@H]1O)[C@@H]1CC[C@H]4C[C@]1(C[C@@H]4CS(=O)CCOC(=O)c1cc([125I])c(N=[N+]=[N-])c([125I])c1O)[C@@H](C(=O)O)[C@@H]32. The molecule has 1 heterocycles. The lowest BCUT2D eigenvalue weighted by molar-refractivity contribution is -0.162. The summed E-state index contributed by atoms with van der Waals surface area (Å²) < 4.78 is 25.4. The number of hydrogen-bond donors (Lipinski definition) is 3. The molecule has 4 aliphatic carbocycles. The minimum absolute atomic E-state index is 0.0207. The van der Waals surface area contributed by atoms with E-state index in [9.17, 15) is 33.9 Å². The van der Waals surface area contributed by atoms with E-state index in [-0.39, 0.29) is 50.7 Å². The molecule has 0 amide bonds. The molecule has 1 spiro atoms. The molecule has 12 nitrogen and oxygen atoms in total. The maximum absolute atomic E-state index is 13.2. The lowest BCUT2D eigenvalue weighted by atomic mass is 9.59. The van der Waals surface area contributed by atoms with Crippen LogP contribution in [0.25, 0.3) is 10.4 Å². The van der Waals surface area contributed by atoms with Crippen molar-refractivity contribution in [2.75, 3.05) is 18.1 Å². The van der Waals surface area contributed by atoms with E-state index in [1.54, 1.807) is 29.5 Å². The number of phenolic OH excluding ortho intramolecular Hbond substituents is 1. The Balaban J connectivity index is 1.14. The highest BCUT2D eigenvalue weighted by Crippen LogP contribution is 2.78. The molecular formula is C28H31I2N3O9S. The van der Waals surface area contributed by atoms with Crippen molar-refractivity contribution in [1.82, 2.24) is 0 Å². The zero-order chi connectivity index (χ0) is 31.1. The Morgan fingerprint density at radius 1 is 1.28 bits per heavy atom. The standard InChI is InChI=1S/C28H31I2N3O9S/c1-26-17(34)4-5-28(42-25(26)39)16-3-2-12-9-27(16,18(22(26)28)23(36)37)10-13(12)11-43(40)7-6-41-24(38)14-8-15(29)20(32-33-31)19(30)21(14)35/h8,12-13,16-18,22,34-35H,2-7,9-11H2,1H3,(H,36,37)/t12-,13+,16+,17-,18+,22+,26+,27+,28+,43?/m0/s1/i29-2,30-2. The summed E-state index contributed by atoms with van der Waals surface area (Å²) in [6.45, 7) is 1.54. The van der Waals surface area contributed by atoms with Crippen molar-refractivity contribution >= 4 is 79.6 Å². The number of aliphatic carboxylic acids is 1. The van der Waals surface area contributed by atoms with Crippen LogP contribution in [0.4, 0.5) is 5.69 Å². The van der Waals surface area contributed by atoms with E-state index in [0.29, 0.717) is 35.0 Å². The first-order chi connectivity index (χ1) is 20.3. The van der Waals surface area contributed by atoms with Crippen LogP contribution in [0.3, 0.4) is 0 Å². The van der Waals surface area contributed by atoms with Crippen molar-refractivity contribution in [3.05, 3.63) is 29.2 Å². The third-order valence-electron chi connectivity index (χ3n) is 11.2. The highest BCUT2D eigenvalue weighted by Gasteiger charge is 2.83. The molecule has 5 aliphatic rings. The lowest BCUT2D eigenvalue weighted by Gasteiger charge is -2.44. The zero-order valence-corrected chi connectivity index (χ0v) is 28.3. The van der Waals surface area contributed by atoms with Crippen LogP contribution >= 0.6 is 45.2 Å². The van der Waals surface area contributed by atoms with E-state index in [0.717, 1.165) is 12.8 Å². The van der Waals surface area contributed by atoms with Crippen LogP contribution in [0.15, 0.2) is 11.2 Å². The number of benzene rings is 1. The summed E-state index contributed by atoms with van der Waals surface area (Å²) in [4.78, 5) is 41.5. The monoisotopic (exact) mass is 835 g/mol. The summed E-state index contributed by atoms with van der Waals surface area (Å²) >= 11 is 3.68. The molecular weight excluding hydrogens is 804 g/mol. The first-order valence-electron chi connectivity index (χ1n) is 14.2. The molecule has 232 valence electrons. The van der Waals surface area contributed by atoms with Crippen molar-refractivity contribution < 1.29 is 43.4 Å². The molecule has 6 rings (SSSR count). The second-order valence-electron chi connectivity index (χ2n) is 12.8. The van der Waals surface area contributed by atoms with Crippen molar-refractivity contribution in [3.63, 3.8) is 0 Å². The Kier molecular flexibility index (Phi) is 7.99. The fourth-order valence-corrected chi connectivity index (χ4v) is 12.8. The van der Waals surface area contributed by atoms with Gasteiger partial charge in [-0.25, -0.2) is 4.79 Å². The van der Waals surface area contributed by atoms with Gasteiger partial charge in [-0.05, 0) is 119 Å². The molecule has 1 saturated heterocycles. The van der Waals surface area contributed by atoms with Crippen LogP contribution in [0, 0.1) is 47.6 Å². The number of azide groups is 1. The number of aliphatic hydroxyl groups is 1. The van der Waals surface area contributed by atoms with Crippen LogP contribution in [-0.2, 0) is 29.9 Å². The van der Waals surface area contributed by atoms with Gasteiger partial charge in [0.2, 0.25) is 0 Å². The summed E-state index contributed by atoms with van der Waals surface area (Å²) in [6, 6.07) is 1.37. The number of halogens is 2. The molecule has 10 atom stereocenters. The minimum Gasteiger partial charge on any atom is -0.506 e. The number of rotatable bonds is 8. The smallest absolute Gasteiger partial charge is 0.342 e. The number of ether oxygens (including phenoxy) is 2. The first-order valence-corrected chi connectivity index (χ1v) is 17.9. The molecule has 0 radical (unpaired) electrons. The van der Waals surface area contributed by atoms with Gasteiger partial charge in [0.25, 0.3) is 0 Å². The molecule has 5 fully saturated rings. The van der Waals surface area contributed by atoms with E-state index < -0.39 is 63.1 Å². The molecule has 1 aliphatic heterocycles. The number of carbonyl (C=O) groups is 3. The van der Waals surface area contributed by atoms with Crippen molar-refractivity contribution in [2.24, 2.45) is 45.5 Å². The maximum Gasteiger partial charge on any atom is 0.342 e. The number of nitrogens with zero attached hydrogens (tertiary/aromatic N) is 3. The van der Waals surface area contributed by atoms with Gasteiger partial charge in [0.15, 0.2) is 0 Å². The minimum atomic E-state index is -1.35. The van der Waals surface area contributed by atoms with Gasteiger partial charge in [-0.15, -0.1) is 0 Å². The van der Waals surface area contributed by atoms with Crippen LogP contribution in [0.1, 0.15) is 55.8 Å². The fraction of sp³-hybridized carbons (Fsp3) is 0.679. The summed E-state index contributed by atoms with van der Waals surface area (Å²) in [5.41, 5.74) is 6.16. The molecule has 4 saturated carbocycles. The third kappa shape index (κ3) is 4.45. The second kappa shape index (κ2) is 11.0. The van der Waals surface area contributed by atoms with Gasteiger partial charge in [0.05, 0.1) is 32.4 Å². The van der Waals surface area contributed by atoms with E-state index in [4.69, 9.17) is 15.0 Å². The average molecular weight is 835 g/mol. The number of aromatic hydroxyl groups is 1. The van der Waals surface area contributed by atoms with Gasteiger partial charge in [0.1, 0.15) is 23.5 Å². The number of esters is 2. The molecule has 0 aromatic heterocycles. The molecule has 1 aromatic carbocycles. The Bertz CT molecular complexity index is 1500. The molecule has 1 aromatic rings. The third-order valence-corrected chi connectivity index (χ3v) is 14.4. The number of phenols is 1. The number of fused-ring (bicyclic) bond motifs is 1. The summed E-state index contributed by atoms with van der Waals surface area (Å²) in [6.07, 6.45) is 2.76. The molecule has 1 unspecified atom stereocenters. The van der Waals surface area contributed by atoms with Gasteiger partial charge < -0.3 is 24.8 Å². The predicted octanol–water partition coefficient (Wildman–Crippen LogP) is 4.66. The van der Waals surface area contributed by atoms with Crippen LogP contribution in [0.2, 0.25) is 0 Å². The number of carboxylic acid groups (broad SMARTS) is 1. The van der Waals surface area contributed by atoms with Gasteiger partial charge in [-0.3, -0.25) is 13.8 Å². The highest BCUT2D eigenvalue weighted by molar-refractivity contribution is 14.1. The largest absolute Gasteiger partial charge is 0.506 e.